The fourth-order valence-corrected chi connectivity index (χ4v) is 7.10. The van der Waals surface area contributed by atoms with Crippen LogP contribution in [0, 0.1) is 0 Å². The second-order valence-electron chi connectivity index (χ2n) is 7.05. The maximum absolute atomic E-state index is 2.24. The van der Waals surface area contributed by atoms with Crippen molar-refractivity contribution in [2.45, 2.75) is 0 Å². The summed E-state index contributed by atoms with van der Waals surface area (Å²) >= 11 is -0.530. The first kappa shape index (κ1) is 19.5. The fourth-order valence-electron chi connectivity index (χ4n) is 2.93. The molecule has 2 radical (unpaired) electrons. The van der Waals surface area contributed by atoms with Gasteiger partial charge in [-0.1, -0.05) is 0 Å². The monoisotopic (exact) mass is 400 g/mol. The molecule has 5 heteroatoms. The van der Waals surface area contributed by atoms with Gasteiger partial charge in [-0.3, -0.25) is 0 Å². The van der Waals surface area contributed by atoms with E-state index in [0.717, 1.165) is 0 Å². The van der Waals surface area contributed by atoms with E-state index in [1.54, 1.807) is 0 Å². The van der Waals surface area contributed by atoms with Gasteiger partial charge in [0.2, 0.25) is 0 Å². The van der Waals surface area contributed by atoms with Crippen molar-refractivity contribution in [3.8, 4) is 0 Å². The Bertz CT molecular complexity index is 610. The summed E-state index contributed by atoms with van der Waals surface area (Å²) < 4.78 is 2.96. The summed E-state index contributed by atoms with van der Waals surface area (Å²) in [5, 5.41) is 0. The Morgan fingerprint density at radius 3 is 0.920 bits per heavy atom. The van der Waals surface area contributed by atoms with Crippen LogP contribution in [0.2, 0.25) is 0 Å². The van der Waals surface area contributed by atoms with E-state index < -0.39 is 15.4 Å². The zero-order valence-electron chi connectivity index (χ0n) is 16.8. The standard InChI is InChI=1S/C20H30GeN4/c1-22(2)15-11-9-12-16(23(3)4)19(15)21-20-17(24(5)6)13-10-14-18(20)25(7)8/h9-14H,1-8H3. The van der Waals surface area contributed by atoms with Gasteiger partial charge in [-0.15, -0.1) is 0 Å². The Balaban J connectivity index is 2.68. The van der Waals surface area contributed by atoms with E-state index in [9.17, 15) is 0 Å². The minimum absolute atomic E-state index is 0.530. The molecule has 0 amide bonds. The van der Waals surface area contributed by atoms with Crippen LogP contribution < -0.4 is 28.4 Å². The van der Waals surface area contributed by atoms with Gasteiger partial charge < -0.3 is 0 Å². The number of anilines is 4. The van der Waals surface area contributed by atoms with Crippen molar-refractivity contribution in [1.82, 2.24) is 0 Å². The Morgan fingerprint density at radius 2 is 0.720 bits per heavy atom. The molecule has 0 saturated heterocycles. The van der Waals surface area contributed by atoms with Crippen molar-refractivity contribution < 1.29 is 0 Å². The van der Waals surface area contributed by atoms with Crippen LogP contribution in [0.3, 0.4) is 0 Å². The van der Waals surface area contributed by atoms with E-state index in [1.807, 2.05) is 0 Å². The van der Waals surface area contributed by atoms with Crippen molar-refractivity contribution in [3.05, 3.63) is 36.4 Å². The molecule has 2 aromatic carbocycles. The predicted molar refractivity (Wildman–Crippen MR) is 115 cm³/mol. The maximum atomic E-state index is 2.24. The van der Waals surface area contributed by atoms with Gasteiger partial charge in [0.1, 0.15) is 0 Å². The second-order valence-corrected chi connectivity index (χ2v) is 9.67. The van der Waals surface area contributed by atoms with E-state index in [1.165, 1.54) is 31.5 Å². The molecule has 0 spiro atoms. The van der Waals surface area contributed by atoms with Crippen LogP contribution in [-0.2, 0) is 0 Å². The van der Waals surface area contributed by atoms with Crippen LogP contribution in [0.25, 0.3) is 0 Å². The molecular formula is C20H30GeN4. The summed E-state index contributed by atoms with van der Waals surface area (Å²) in [5.41, 5.74) is 5.29. The van der Waals surface area contributed by atoms with E-state index in [4.69, 9.17) is 0 Å². The molecular weight excluding hydrogens is 369 g/mol. The topological polar surface area (TPSA) is 13.0 Å². The Hall–Kier alpha value is -1.82. The van der Waals surface area contributed by atoms with E-state index in [-0.39, 0.29) is 0 Å². The summed E-state index contributed by atoms with van der Waals surface area (Å²) in [7, 11) is 17.1. The van der Waals surface area contributed by atoms with Crippen molar-refractivity contribution in [3.63, 3.8) is 0 Å². The van der Waals surface area contributed by atoms with Crippen LogP contribution >= 0.6 is 0 Å². The molecule has 134 valence electrons. The zero-order chi connectivity index (χ0) is 18.7. The first-order chi connectivity index (χ1) is 11.7. The number of benzene rings is 2. The number of hydrogen-bond acceptors (Lipinski definition) is 4. The Morgan fingerprint density at radius 1 is 0.480 bits per heavy atom. The van der Waals surface area contributed by atoms with Gasteiger partial charge >= 0.3 is 159 Å². The molecule has 2 rings (SSSR count). The summed E-state index contributed by atoms with van der Waals surface area (Å²) in [4.78, 5) is 8.94. The normalized spacial score (nSPS) is 10.6. The second kappa shape index (κ2) is 8.04. The molecule has 0 bridgehead atoms. The van der Waals surface area contributed by atoms with E-state index in [0.29, 0.717) is 0 Å². The van der Waals surface area contributed by atoms with Gasteiger partial charge in [-0.2, -0.15) is 0 Å². The number of nitrogens with zero attached hydrogens (tertiary/aromatic N) is 4. The van der Waals surface area contributed by atoms with Crippen molar-refractivity contribution in [2.24, 2.45) is 0 Å². The van der Waals surface area contributed by atoms with Gasteiger partial charge in [0.25, 0.3) is 0 Å². The quantitative estimate of drug-likeness (QED) is 0.685. The summed E-state index contributed by atoms with van der Waals surface area (Å²) in [6.45, 7) is 0. The molecule has 0 unspecified atom stereocenters. The molecule has 0 heterocycles. The fraction of sp³-hybridized carbons (Fsp3) is 0.400. The molecule has 2 aromatic rings. The summed E-state index contributed by atoms with van der Waals surface area (Å²) in [6, 6.07) is 13.3. The molecule has 0 fully saturated rings. The molecule has 0 aliphatic rings. The zero-order valence-corrected chi connectivity index (χ0v) is 18.9. The molecule has 0 saturated carbocycles. The van der Waals surface area contributed by atoms with Gasteiger partial charge in [0, 0.05) is 0 Å². The molecule has 0 aliphatic carbocycles. The summed E-state index contributed by atoms with van der Waals surface area (Å²) in [5.74, 6) is 0. The first-order valence-electron chi connectivity index (χ1n) is 8.46. The van der Waals surface area contributed by atoms with Crippen LogP contribution in [0.15, 0.2) is 36.4 Å². The molecule has 25 heavy (non-hydrogen) atoms. The van der Waals surface area contributed by atoms with Gasteiger partial charge in [0.05, 0.1) is 0 Å². The van der Waals surface area contributed by atoms with Crippen LogP contribution in [0.1, 0.15) is 0 Å². The van der Waals surface area contributed by atoms with E-state index in [2.05, 4.69) is 112 Å². The van der Waals surface area contributed by atoms with Crippen LogP contribution in [-0.4, -0.2) is 71.8 Å². The molecule has 0 N–H and O–H groups in total. The van der Waals surface area contributed by atoms with Crippen molar-refractivity contribution in [1.29, 1.82) is 0 Å². The van der Waals surface area contributed by atoms with Gasteiger partial charge in [-0.05, 0) is 0 Å². The third-order valence-electron chi connectivity index (χ3n) is 4.22. The SMILES string of the molecule is CN(C)c1cccc(N(C)C)[c]1[Ge][c]1c(N(C)C)cccc1N(C)C. The third kappa shape index (κ3) is 4.24. The Kier molecular flexibility index (Phi) is 6.27. The van der Waals surface area contributed by atoms with Gasteiger partial charge in [0.15, 0.2) is 0 Å². The van der Waals surface area contributed by atoms with Crippen molar-refractivity contribution in [2.75, 3.05) is 76.0 Å². The average Bonchev–Trinajstić information content (AvgIpc) is 2.54. The van der Waals surface area contributed by atoms with Crippen molar-refractivity contribution >= 4 is 47.0 Å². The third-order valence-corrected chi connectivity index (χ3v) is 7.42. The summed E-state index contributed by atoms with van der Waals surface area (Å²) in [6.07, 6.45) is 0. The van der Waals surface area contributed by atoms with E-state index >= 15 is 0 Å². The molecule has 0 atom stereocenters. The average molecular weight is 399 g/mol. The van der Waals surface area contributed by atoms with Crippen LogP contribution in [0.5, 0.6) is 0 Å². The Labute approximate surface area is 159 Å². The minimum atomic E-state index is -0.530. The predicted octanol–water partition coefficient (Wildman–Crippen LogP) is 1.61. The molecule has 4 nitrogen and oxygen atoms in total. The molecule has 0 aliphatic heterocycles. The number of hydrogen-bond donors (Lipinski definition) is 0. The van der Waals surface area contributed by atoms with Crippen LogP contribution in [0.4, 0.5) is 22.7 Å². The van der Waals surface area contributed by atoms with Gasteiger partial charge in [-0.25, -0.2) is 0 Å². The number of rotatable bonds is 6. The first-order valence-corrected chi connectivity index (χ1v) is 10.6. The molecule has 0 aromatic heterocycles.